The van der Waals surface area contributed by atoms with Crippen LogP contribution in [-0.2, 0) is 9.84 Å². The number of rotatable bonds is 3. The number of aromatic nitrogens is 1. The van der Waals surface area contributed by atoms with Gasteiger partial charge in [0.25, 0.3) is 5.69 Å². The fourth-order valence-corrected chi connectivity index (χ4v) is 3.59. The molecule has 0 aliphatic heterocycles. The van der Waals surface area contributed by atoms with Gasteiger partial charge in [0.1, 0.15) is 0 Å². The first-order valence-electron chi connectivity index (χ1n) is 4.75. The minimum atomic E-state index is -3.81. The van der Waals surface area contributed by atoms with E-state index in [9.17, 15) is 18.5 Å². The van der Waals surface area contributed by atoms with Crippen LogP contribution < -0.4 is 0 Å². The maximum atomic E-state index is 12.1. The average Bonchev–Trinajstić information content (AvgIpc) is 2.88. The van der Waals surface area contributed by atoms with Crippen molar-refractivity contribution in [3.8, 4) is 0 Å². The second-order valence-corrected chi connectivity index (χ2v) is 6.50. The summed E-state index contributed by atoms with van der Waals surface area (Å²) in [6, 6.07) is 4.49. The highest BCUT2D eigenvalue weighted by atomic mass is 32.2. The zero-order valence-corrected chi connectivity index (χ0v) is 10.8. The maximum Gasteiger partial charge on any atom is 0.524 e. The van der Waals surface area contributed by atoms with Gasteiger partial charge in [0.05, 0.1) is 15.2 Å². The van der Waals surface area contributed by atoms with E-state index in [0.717, 1.165) is 30.5 Å². The Morgan fingerprint density at radius 2 is 1.95 bits per heavy atom. The van der Waals surface area contributed by atoms with Crippen molar-refractivity contribution < 1.29 is 13.3 Å². The number of nitrogens with zero attached hydrogens (tertiary/aromatic N) is 4. The van der Waals surface area contributed by atoms with Gasteiger partial charge in [-0.3, -0.25) is 10.1 Å². The molecule has 0 aliphatic rings. The van der Waals surface area contributed by atoms with Gasteiger partial charge < -0.3 is 0 Å². The van der Waals surface area contributed by atoms with Gasteiger partial charge in [0.2, 0.25) is 9.84 Å². The smallest absolute Gasteiger partial charge is 0.258 e. The summed E-state index contributed by atoms with van der Waals surface area (Å²) in [5, 5.41) is 18.9. The fraction of sp³-hybridized carbons (Fsp3) is 0. The number of sulfone groups is 1. The van der Waals surface area contributed by atoms with Crippen molar-refractivity contribution in [3.63, 3.8) is 0 Å². The topological polar surface area (TPSA) is 118 Å². The molecular formula is C9H5N4O4S2+. The standard InChI is InChI=1S/C9H5N4O4S2/c10-12-9-11-5-8(18-9)19(16,17)7-3-1-6(2-4-7)13(14)15/h1-5H/q+1. The van der Waals surface area contributed by atoms with E-state index < -0.39 is 14.8 Å². The van der Waals surface area contributed by atoms with Gasteiger partial charge in [-0.15, -0.1) is 0 Å². The molecule has 0 saturated heterocycles. The highest BCUT2D eigenvalue weighted by Gasteiger charge is 2.26. The molecule has 0 aliphatic carbocycles. The molecule has 0 fully saturated rings. The Labute approximate surface area is 111 Å². The molecular weight excluding hydrogens is 292 g/mol. The normalized spacial score (nSPS) is 10.9. The van der Waals surface area contributed by atoms with E-state index in [1.165, 1.54) is 0 Å². The third-order valence-corrected chi connectivity index (χ3v) is 5.29. The SMILES string of the molecule is N#[N+]c1ncc(S(=O)(=O)c2ccc([N+](=O)[O-])cc2)s1. The zero-order valence-electron chi connectivity index (χ0n) is 9.13. The van der Waals surface area contributed by atoms with Crippen LogP contribution in [0.2, 0.25) is 0 Å². The van der Waals surface area contributed by atoms with Crippen LogP contribution >= 0.6 is 11.3 Å². The lowest BCUT2D eigenvalue weighted by Gasteiger charge is -1.99. The number of thiazole rings is 1. The average molecular weight is 297 g/mol. The van der Waals surface area contributed by atoms with Crippen LogP contribution in [0.5, 0.6) is 0 Å². The zero-order chi connectivity index (χ0) is 14.0. The van der Waals surface area contributed by atoms with Crippen LogP contribution in [0.3, 0.4) is 0 Å². The second kappa shape index (κ2) is 4.71. The molecule has 0 radical (unpaired) electrons. The quantitative estimate of drug-likeness (QED) is 0.487. The van der Waals surface area contributed by atoms with Crippen LogP contribution in [0.4, 0.5) is 10.8 Å². The Morgan fingerprint density at radius 3 is 2.42 bits per heavy atom. The number of nitro benzene ring substituents is 1. The molecule has 8 nitrogen and oxygen atoms in total. The fourth-order valence-electron chi connectivity index (χ4n) is 1.28. The Balaban J connectivity index is 2.45. The third-order valence-electron chi connectivity index (χ3n) is 2.18. The molecule has 1 heterocycles. The molecule has 96 valence electrons. The molecule has 10 heteroatoms. The molecule has 1 aromatic carbocycles. The number of nitro groups is 1. The van der Waals surface area contributed by atoms with E-state index in [0.29, 0.717) is 11.3 Å². The van der Waals surface area contributed by atoms with Crippen molar-refractivity contribution in [2.24, 2.45) is 0 Å². The molecule has 2 rings (SSSR count). The highest BCUT2D eigenvalue weighted by molar-refractivity contribution is 7.93. The predicted octanol–water partition coefficient (Wildman–Crippen LogP) is 2.37. The minimum Gasteiger partial charge on any atom is -0.258 e. The van der Waals surface area contributed by atoms with E-state index >= 15 is 0 Å². The van der Waals surface area contributed by atoms with Gasteiger partial charge in [-0.1, -0.05) is 0 Å². The summed E-state index contributed by atoms with van der Waals surface area (Å²) < 4.78 is 24.1. The van der Waals surface area contributed by atoms with Gasteiger partial charge in [-0.25, -0.2) is 8.42 Å². The van der Waals surface area contributed by atoms with Gasteiger partial charge in [0.15, 0.2) is 10.4 Å². The lowest BCUT2D eigenvalue weighted by molar-refractivity contribution is -0.384. The maximum absolute atomic E-state index is 12.1. The Morgan fingerprint density at radius 1 is 1.32 bits per heavy atom. The summed E-state index contributed by atoms with van der Waals surface area (Å²) in [4.78, 5) is 16.1. The molecule has 0 N–H and O–H groups in total. The Kier molecular flexibility index (Phi) is 3.24. The first-order chi connectivity index (χ1) is 8.95. The Bertz CT molecular complexity index is 773. The molecule has 0 unspecified atom stereocenters. The summed E-state index contributed by atoms with van der Waals surface area (Å²) in [5.74, 6) is 0. The lowest BCUT2D eigenvalue weighted by Crippen LogP contribution is -1.99. The first-order valence-corrected chi connectivity index (χ1v) is 7.05. The van der Waals surface area contributed by atoms with Gasteiger partial charge in [-0.2, -0.15) is 0 Å². The number of hydrogen-bond acceptors (Lipinski definition) is 7. The molecule has 0 bridgehead atoms. The molecule has 2 aromatic rings. The van der Waals surface area contributed by atoms with Crippen LogP contribution in [0.1, 0.15) is 0 Å². The van der Waals surface area contributed by atoms with E-state index in [4.69, 9.17) is 5.39 Å². The van der Waals surface area contributed by atoms with Crippen molar-refractivity contribution in [2.75, 3.05) is 0 Å². The molecule has 0 saturated carbocycles. The van der Waals surface area contributed by atoms with Crippen molar-refractivity contribution in [3.05, 3.63) is 45.6 Å². The van der Waals surface area contributed by atoms with Crippen molar-refractivity contribution in [2.45, 2.75) is 9.10 Å². The summed E-state index contributed by atoms with van der Waals surface area (Å²) in [6.07, 6.45) is 1.07. The monoisotopic (exact) mass is 297 g/mol. The molecule has 19 heavy (non-hydrogen) atoms. The largest absolute Gasteiger partial charge is 0.524 e. The van der Waals surface area contributed by atoms with E-state index in [1.54, 1.807) is 0 Å². The van der Waals surface area contributed by atoms with Crippen molar-refractivity contribution in [1.82, 2.24) is 4.98 Å². The number of diazo groups is 1. The van der Waals surface area contributed by atoms with E-state index in [-0.39, 0.29) is 19.9 Å². The second-order valence-electron chi connectivity index (χ2n) is 3.32. The first kappa shape index (κ1) is 13.1. The number of benzene rings is 1. The number of non-ortho nitro benzene ring substituents is 1. The van der Waals surface area contributed by atoms with E-state index in [2.05, 4.69) is 9.96 Å². The van der Waals surface area contributed by atoms with Crippen LogP contribution in [-0.4, -0.2) is 18.3 Å². The van der Waals surface area contributed by atoms with Crippen LogP contribution in [0, 0.1) is 15.5 Å². The van der Waals surface area contributed by atoms with Gasteiger partial charge >= 0.3 is 5.13 Å². The molecule has 0 atom stereocenters. The Hall–Kier alpha value is -2.38. The van der Waals surface area contributed by atoms with Crippen molar-refractivity contribution >= 4 is 32.0 Å². The van der Waals surface area contributed by atoms with Gasteiger partial charge in [0, 0.05) is 17.1 Å². The number of hydrogen-bond donors (Lipinski definition) is 0. The summed E-state index contributed by atoms with van der Waals surface area (Å²) in [7, 11) is -3.81. The molecule has 0 spiro atoms. The van der Waals surface area contributed by atoms with Crippen molar-refractivity contribution in [1.29, 1.82) is 5.39 Å². The van der Waals surface area contributed by atoms with Crippen LogP contribution in [0.15, 0.2) is 39.6 Å². The predicted molar refractivity (Wildman–Crippen MR) is 65.4 cm³/mol. The summed E-state index contributed by atoms with van der Waals surface area (Å²) in [6.45, 7) is 0. The summed E-state index contributed by atoms with van der Waals surface area (Å²) in [5.41, 5.74) is -0.200. The lowest BCUT2D eigenvalue weighted by atomic mass is 10.3. The molecule has 1 aromatic heterocycles. The van der Waals surface area contributed by atoms with Crippen LogP contribution in [0.25, 0.3) is 4.98 Å². The third kappa shape index (κ3) is 2.42. The molecule has 0 amide bonds. The van der Waals surface area contributed by atoms with E-state index in [1.807, 2.05) is 0 Å². The minimum absolute atomic E-state index is 0.0829. The highest BCUT2D eigenvalue weighted by Crippen LogP contribution is 2.30. The van der Waals surface area contributed by atoms with Gasteiger partial charge in [-0.05, 0) is 28.5 Å². The summed E-state index contributed by atoms with van der Waals surface area (Å²) >= 11 is 0.696.